The molecule has 2 rings (SSSR count). The van der Waals surface area contributed by atoms with Crippen LogP contribution in [0, 0.1) is 13.8 Å². The number of furan rings is 1. The van der Waals surface area contributed by atoms with E-state index in [1.54, 1.807) is 6.26 Å². The highest BCUT2D eigenvalue weighted by atomic mass is 16.3. The zero-order valence-electron chi connectivity index (χ0n) is 10.5. The van der Waals surface area contributed by atoms with Crippen LogP contribution in [0.5, 0.6) is 0 Å². The summed E-state index contributed by atoms with van der Waals surface area (Å²) in [5.74, 6) is 1.04. The van der Waals surface area contributed by atoms with Crippen LogP contribution in [0.1, 0.15) is 22.5 Å². The van der Waals surface area contributed by atoms with Gasteiger partial charge in [-0.1, -0.05) is 29.3 Å². The predicted molar refractivity (Wildman–Crippen MR) is 70.0 cm³/mol. The summed E-state index contributed by atoms with van der Waals surface area (Å²) in [5, 5.41) is 3.43. The number of nitrogens with one attached hydrogen (secondary N) is 1. The van der Waals surface area contributed by atoms with Gasteiger partial charge in [-0.25, -0.2) is 0 Å². The molecule has 1 aromatic carbocycles. The Morgan fingerprint density at radius 3 is 2.53 bits per heavy atom. The third kappa shape index (κ3) is 3.75. The monoisotopic (exact) mass is 229 g/mol. The second kappa shape index (κ2) is 5.69. The SMILES string of the molecule is Cc1cc(C)cc(CNCCc2ccco2)c1. The lowest BCUT2D eigenvalue weighted by molar-refractivity contribution is 0.499. The van der Waals surface area contributed by atoms with Crippen LogP contribution < -0.4 is 5.32 Å². The van der Waals surface area contributed by atoms with Crippen LogP contribution in [-0.2, 0) is 13.0 Å². The van der Waals surface area contributed by atoms with E-state index in [4.69, 9.17) is 4.42 Å². The lowest BCUT2D eigenvalue weighted by Gasteiger charge is -2.06. The molecule has 0 unspecified atom stereocenters. The fourth-order valence-corrected chi connectivity index (χ4v) is 2.07. The van der Waals surface area contributed by atoms with Gasteiger partial charge in [0.2, 0.25) is 0 Å². The molecule has 2 heteroatoms. The van der Waals surface area contributed by atoms with Gasteiger partial charge in [-0.05, 0) is 31.5 Å². The molecule has 0 radical (unpaired) electrons. The van der Waals surface area contributed by atoms with Crippen molar-refractivity contribution in [3.05, 3.63) is 59.0 Å². The molecule has 0 bridgehead atoms. The van der Waals surface area contributed by atoms with Gasteiger partial charge in [0.05, 0.1) is 6.26 Å². The standard InChI is InChI=1S/C15H19NO/c1-12-8-13(2)10-14(9-12)11-16-6-5-15-4-3-7-17-15/h3-4,7-10,16H,5-6,11H2,1-2H3. The highest BCUT2D eigenvalue weighted by Gasteiger charge is 1.97. The topological polar surface area (TPSA) is 25.2 Å². The molecule has 0 spiro atoms. The van der Waals surface area contributed by atoms with Crippen LogP contribution in [0.2, 0.25) is 0 Å². The number of rotatable bonds is 5. The van der Waals surface area contributed by atoms with Crippen molar-refractivity contribution in [2.45, 2.75) is 26.8 Å². The zero-order valence-corrected chi connectivity index (χ0v) is 10.5. The minimum atomic E-state index is 0.920. The molecule has 0 saturated carbocycles. The maximum Gasteiger partial charge on any atom is 0.105 e. The molecule has 2 aromatic rings. The Labute approximate surface area is 103 Å². The Kier molecular flexibility index (Phi) is 3.99. The Hall–Kier alpha value is -1.54. The normalized spacial score (nSPS) is 10.7. The van der Waals surface area contributed by atoms with Gasteiger partial charge in [-0.15, -0.1) is 0 Å². The summed E-state index contributed by atoms with van der Waals surface area (Å²) >= 11 is 0. The maximum atomic E-state index is 5.28. The Balaban J connectivity index is 1.78. The van der Waals surface area contributed by atoms with Crippen LogP contribution >= 0.6 is 0 Å². The van der Waals surface area contributed by atoms with E-state index in [-0.39, 0.29) is 0 Å². The average molecular weight is 229 g/mol. The Morgan fingerprint density at radius 1 is 1.12 bits per heavy atom. The second-order valence-corrected chi connectivity index (χ2v) is 4.50. The first-order valence-electron chi connectivity index (χ1n) is 6.04. The van der Waals surface area contributed by atoms with Crippen LogP contribution in [0.4, 0.5) is 0 Å². The summed E-state index contributed by atoms with van der Waals surface area (Å²) < 4.78 is 5.28. The van der Waals surface area contributed by atoms with E-state index >= 15 is 0 Å². The van der Waals surface area contributed by atoms with E-state index in [9.17, 15) is 0 Å². The largest absolute Gasteiger partial charge is 0.469 e. The van der Waals surface area contributed by atoms with Gasteiger partial charge < -0.3 is 9.73 Å². The molecule has 0 amide bonds. The Morgan fingerprint density at radius 2 is 1.88 bits per heavy atom. The quantitative estimate of drug-likeness (QED) is 0.796. The molecule has 17 heavy (non-hydrogen) atoms. The first-order valence-corrected chi connectivity index (χ1v) is 6.04. The van der Waals surface area contributed by atoms with Crippen molar-refractivity contribution in [2.24, 2.45) is 0 Å². The van der Waals surface area contributed by atoms with Crippen LogP contribution in [0.15, 0.2) is 41.0 Å². The third-order valence-corrected chi connectivity index (χ3v) is 2.74. The van der Waals surface area contributed by atoms with Crippen molar-refractivity contribution in [1.29, 1.82) is 0 Å². The summed E-state index contributed by atoms with van der Waals surface area (Å²) in [4.78, 5) is 0. The van der Waals surface area contributed by atoms with Gasteiger partial charge in [-0.3, -0.25) is 0 Å². The number of hydrogen-bond donors (Lipinski definition) is 1. The molecular formula is C15H19NO. The van der Waals surface area contributed by atoms with E-state index in [1.807, 2.05) is 12.1 Å². The molecule has 90 valence electrons. The van der Waals surface area contributed by atoms with Gasteiger partial charge in [-0.2, -0.15) is 0 Å². The zero-order chi connectivity index (χ0) is 12.1. The van der Waals surface area contributed by atoms with Crippen LogP contribution in [0.3, 0.4) is 0 Å². The fourth-order valence-electron chi connectivity index (χ4n) is 2.07. The van der Waals surface area contributed by atoms with Crippen molar-refractivity contribution in [2.75, 3.05) is 6.54 Å². The van der Waals surface area contributed by atoms with E-state index in [2.05, 4.69) is 37.4 Å². The summed E-state index contributed by atoms with van der Waals surface area (Å²) in [6.45, 7) is 6.14. The summed E-state index contributed by atoms with van der Waals surface area (Å²) in [5.41, 5.74) is 4.00. The first-order chi connectivity index (χ1) is 8.24. The molecule has 1 aromatic heterocycles. The van der Waals surface area contributed by atoms with E-state index in [0.29, 0.717) is 0 Å². The molecule has 2 nitrogen and oxygen atoms in total. The smallest absolute Gasteiger partial charge is 0.105 e. The molecule has 0 aliphatic carbocycles. The predicted octanol–water partition coefficient (Wildman–Crippen LogP) is 3.23. The van der Waals surface area contributed by atoms with Gasteiger partial charge in [0, 0.05) is 19.5 Å². The van der Waals surface area contributed by atoms with Crippen molar-refractivity contribution in [3.63, 3.8) is 0 Å². The van der Waals surface area contributed by atoms with E-state index < -0.39 is 0 Å². The van der Waals surface area contributed by atoms with E-state index in [0.717, 1.165) is 25.3 Å². The highest BCUT2D eigenvalue weighted by molar-refractivity contribution is 5.28. The molecule has 0 saturated heterocycles. The summed E-state index contributed by atoms with van der Waals surface area (Å²) in [6, 6.07) is 10.6. The van der Waals surface area contributed by atoms with Crippen LogP contribution in [0.25, 0.3) is 0 Å². The maximum absolute atomic E-state index is 5.28. The van der Waals surface area contributed by atoms with Gasteiger partial charge >= 0.3 is 0 Å². The van der Waals surface area contributed by atoms with Gasteiger partial charge in [0.25, 0.3) is 0 Å². The number of hydrogen-bond acceptors (Lipinski definition) is 2. The minimum absolute atomic E-state index is 0.920. The van der Waals surface area contributed by atoms with Crippen molar-refractivity contribution < 1.29 is 4.42 Å². The number of aryl methyl sites for hydroxylation is 2. The molecule has 0 aliphatic heterocycles. The lowest BCUT2D eigenvalue weighted by atomic mass is 10.1. The molecule has 1 heterocycles. The highest BCUT2D eigenvalue weighted by Crippen LogP contribution is 2.08. The second-order valence-electron chi connectivity index (χ2n) is 4.50. The molecule has 0 fully saturated rings. The average Bonchev–Trinajstić information content (AvgIpc) is 2.76. The first kappa shape index (κ1) is 11.9. The third-order valence-electron chi connectivity index (χ3n) is 2.74. The molecule has 0 atom stereocenters. The van der Waals surface area contributed by atoms with Crippen molar-refractivity contribution in [3.8, 4) is 0 Å². The van der Waals surface area contributed by atoms with Gasteiger partial charge in [0.1, 0.15) is 5.76 Å². The van der Waals surface area contributed by atoms with Crippen molar-refractivity contribution in [1.82, 2.24) is 5.32 Å². The van der Waals surface area contributed by atoms with Gasteiger partial charge in [0.15, 0.2) is 0 Å². The summed E-state index contributed by atoms with van der Waals surface area (Å²) in [7, 11) is 0. The molecular weight excluding hydrogens is 210 g/mol. The van der Waals surface area contributed by atoms with Crippen LogP contribution in [-0.4, -0.2) is 6.54 Å². The molecule has 1 N–H and O–H groups in total. The van der Waals surface area contributed by atoms with Crippen molar-refractivity contribution >= 4 is 0 Å². The fraction of sp³-hybridized carbons (Fsp3) is 0.333. The van der Waals surface area contributed by atoms with E-state index in [1.165, 1.54) is 16.7 Å². The lowest BCUT2D eigenvalue weighted by Crippen LogP contribution is -2.16. The molecule has 0 aliphatic rings. The number of benzene rings is 1. The minimum Gasteiger partial charge on any atom is -0.469 e. The summed E-state index contributed by atoms with van der Waals surface area (Å²) in [6.07, 6.45) is 2.66. The Bertz CT molecular complexity index is 440.